The Bertz CT molecular complexity index is 553. The lowest BCUT2D eigenvalue weighted by Gasteiger charge is -2.04. The zero-order valence-electron chi connectivity index (χ0n) is 8.77. The highest BCUT2D eigenvalue weighted by Crippen LogP contribution is 2.30. The molecule has 0 saturated heterocycles. The van der Waals surface area contributed by atoms with Gasteiger partial charge in [-0.25, -0.2) is 0 Å². The fourth-order valence-electron chi connectivity index (χ4n) is 1.38. The summed E-state index contributed by atoms with van der Waals surface area (Å²) in [5, 5.41) is 10.7. The van der Waals surface area contributed by atoms with Gasteiger partial charge in [0.05, 0.1) is 15.7 Å². The van der Waals surface area contributed by atoms with Gasteiger partial charge in [0.1, 0.15) is 5.76 Å². The van der Waals surface area contributed by atoms with E-state index in [-0.39, 0.29) is 5.76 Å². The normalized spacial score (nSPS) is 11.5. The smallest absolute Gasteiger partial charge is 0.126 e. The van der Waals surface area contributed by atoms with Crippen molar-refractivity contribution in [1.82, 2.24) is 4.98 Å². The number of pyridine rings is 1. The Labute approximate surface area is 109 Å². The molecule has 1 aromatic carbocycles. The predicted octanol–water partition coefficient (Wildman–Crippen LogP) is 4.44. The molecule has 2 rings (SSSR count). The van der Waals surface area contributed by atoms with E-state index in [2.05, 4.69) is 4.98 Å². The van der Waals surface area contributed by atoms with E-state index in [0.717, 1.165) is 0 Å². The number of hydrogen-bond acceptors (Lipinski definition) is 2. The number of rotatable bonds is 2. The average Bonchev–Trinajstić information content (AvgIpc) is 2.34. The lowest BCUT2D eigenvalue weighted by Crippen LogP contribution is -1.87. The summed E-state index contributed by atoms with van der Waals surface area (Å²) >= 11 is 11.9. The number of aromatic nitrogens is 1. The second-order valence-corrected chi connectivity index (χ2v) is 4.17. The summed E-state index contributed by atoms with van der Waals surface area (Å²) in [6.07, 6.45) is 3.19. The Morgan fingerprint density at radius 1 is 1.12 bits per heavy atom. The Morgan fingerprint density at radius 3 is 2.65 bits per heavy atom. The van der Waals surface area contributed by atoms with Gasteiger partial charge in [0.15, 0.2) is 0 Å². The topological polar surface area (TPSA) is 33.1 Å². The standard InChI is InChI=1S/C13H9Cl2NO/c14-11-6-3-5-10(13(11)15)12(17)8-9-4-1-2-7-16-9/h1-8,17H. The Kier molecular flexibility index (Phi) is 3.67. The predicted molar refractivity (Wildman–Crippen MR) is 71.2 cm³/mol. The first-order valence-corrected chi connectivity index (χ1v) is 5.70. The van der Waals surface area contributed by atoms with Gasteiger partial charge >= 0.3 is 0 Å². The summed E-state index contributed by atoms with van der Waals surface area (Å²) in [6, 6.07) is 10.5. The van der Waals surface area contributed by atoms with Gasteiger partial charge in [0, 0.05) is 17.8 Å². The van der Waals surface area contributed by atoms with E-state index in [1.807, 2.05) is 6.07 Å². The molecule has 4 heteroatoms. The highest BCUT2D eigenvalue weighted by atomic mass is 35.5. The monoisotopic (exact) mass is 265 g/mol. The van der Waals surface area contributed by atoms with Crippen LogP contribution in [0.5, 0.6) is 0 Å². The minimum absolute atomic E-state index is 0.0381. The summed E-state index contributed by atoms with van der Waals surface area (Å²) in [4.78, 5) is 4.08. The van der Waals surface area contributed by atoms with Crippen LogP contribution in [0.4, 0.5) is 0 Å². The van der Waals surface area contributed by atoms with Crippen LogP contribution in [0.1, 0.15) is 11.3 Å². The maximum atomic E-state index is 9.96. The lowest BCUT2D eigenvalue weighted by atomic mass is 10.1. The number of nitrogens with zero attached hydrogens (tertiary/aromatic N) is 1. The number of hydrogen-bond donors (Lipinski definition) is 1. The van der Waals surface area contributed by atoms with Gasteiger partial charge in [-0.15, -0.1) is 0 Å². The summed E-state index contributed by atoms with van der Waals surface area (Å²) in [5.74, 6) is 0.0381. The molecule has 0 unspecified atom stereocenters. The van der Waals surface area contributed by atoms with Crippen LogP contribution in [-0.2, 0) is 0 Å². The molecule has 2 aromatic rings. The second-order valence-electron chi connectivity index (χ2n) is 3.39. The van der Waals surface area contributed by atoms with E-state index < -0.39 is 0 Å². The van der Waals surface area contributed by atoms with Crippen molar-refractivity contribution in [3.8, 4) is 0 Å². The molecule has 1 N–H and O–H groups in total. The minimum Gasteiger partial charge on any atom is -0.507 e. The maximum Gasteiger partial charge on any atom is 0.126 e. The molecule has 0 bridgehead atoms. The Morgan fingerprint density at radius 2 is 1.94 bits per heavy atom. The molecule has 0 amide bonds. The van der Waals surface area contributed by atoms with Crippen LogP contribution in [-0.4, -0.2) is 10.1 Å². The molecule has 1 aromatic heterocycles. The van der Waals surface area contributed by atoms with E-state index >= 15 is 0 Å². The van der Waals surface area contributed by atoms with Crippen LogP contribution < -0.4 is 0 Å². The zero-order valence-corrected chi connectivity index (χ0v) is 10.3. The van der Waals surface area contributed by atoms with Crippen LogP contribution in [0.25, 0.3) is 11.8 Å². The third kappa shape index (κ3) is 2.78. The molecule has 0 fully saturated rings. The van der Waals surface area contributed by atoms with E-state index in [4.69, 9.17) is 23.2 Å². The number of aliphatic hydroxyl groups is 1. The van der Waals surface area contributed by atoms with Crippen molar-refractivity contribution in [3.05, 3.63) is 63.9 Å². The Balaban J connectivity index is 2.41. The minimum atomic E-state index is 0.0381. The van der Waals surface area contributed by atoms with Crippen LogP contribution in [0, 0.1) is 0 Å². The number of benzene rings is 1. The van der Waals surface area contributed by atoms with Crippen LogP contribution in [0.2, 0.25) is 10.0 Å². The molecular formula is C13H9Cl2NO. The van der Waals surface area contributed by atoms with Gasteiger partial charge in [-0.1, -0.05) is 35.3 Å². The van der Waals surface area contributed by atoms with Crippen molar-refractivity contribution < 1.29 is 5.11 Å². The highest BCUT2D eigenvalue weighted by Gasteiger charge is 2.08. The van der Waals surface area contributed by atoms with Crippen molar-refractivity contribution in [2.45, 2.75) is 0 Å². The van der Waals surface area contributed by atoms with Gasteiger partial charge < -0.3 is 5.11 Å². The SMILES string of the molecule is OC(=Cc1ccccn1)c1cccc(Cl)c1Cl. The molecule has 0 aliphatic carbocycles. The van der Waals surface area contributed by atoms with E-state index in [0.29, 0.717) is 21.3 Å². The molecule has 0 aliphatic heterocycles. The Hall–Kier alpha value is -1.51. The van der Waals surface area contributed by atoms with Gasteiger partial charge in [0.2, 0.25) is 0 Å². The van der Waals surface area contributed by atoms with Crippen molar-refractivity contribution in [2.24, 2.45) is 0 Å². The quantitative estimate of drug-likeness (QED) is 0.815. The molecule has 0 aliphatic rings. The van der Waals surface area contributed by atoms with E-state index in [9.17, 15) is 5.11 Å². The molecule has 0 spiro atoms. The fraction of sp³-hybridized carbons (Fsp3) is 0. The molecule has 86 valence electrons. The van der Waals surface area contributed by atoms with Crippen molar-refractivity contribution in [1.29, 1.82) is 0 Å². The average molecular weight is 266 g/mol. The molecule has 17 heavy (non-hydrogen) atoms. The van der Waals surface area contributed by atoms with Gasteiger partial charge in [-0.2, -0.15) is 0 Å². The van der Waals surface area contributed by atoms with Gasteiger partial charge in [0.25, 0.3) is 0 Å². The molecule has 0 atom stereocenters. The largest absolute Gasteiger partial charge is 0.507 e. The van der Waals surface area contributed by atoms with Gasteiger partial charge in [-0.05, 0) is 24.3 Å². The zero-order chi connectivity index (χ0) is 12.3. The van der Waals surface area contributed by atoms with Crippen LogP contribution in [0.15, 0.2) is 42.6 Å². The van der Waals surface area contributed by atoms with Crippen molar-refractivity contribution in [3.63, 3.8) is 0 Å². The van der Waals surface area contributed by atoms with E-state index in [1.54, 1.807) is 36.5 Å². The van der Waals surface area contributed by atoms with Crippen LogP contribution >= 0.6 is 23.2 Å². The summed E-state index contributed by atoms with van der Waals surface area (Å²) in [5.41, 5.74) is 1.14. The summed E-state index contributed by atoms with van der Waals surface area (Å²) < 4.78 is 0. The maximum absolute atomic E-state index is 9.96. The van der Waals surface area contributed by atoms with Crippen LogP contribution in [0.3, 0.4) is 0 Å². The molecule has 1 heterocycles. The van der Waals surface area contributed by atoms with E-state index in [1.165, 1.54) is 6.08 Å². The lowest BCUT2D eigenvalue weighted by molar-refractivity contribution is 0.515. The molecular weight excluding hydrogens is 257 g/mol. The summed E-state index contributed by atoms with van der Waals surface area (Å²) in [7, 11) is 0. The second kappa shape index (κ2) is 5.21. The number of aliphatic hydroxyl groups excluding tert-OH is 1. The first kappa shape index (κ1) is 12.0. The summed E-state index contributed by atoms with van der Waals surface area (Å²) in [6.45, 7) is 0. The number of halogens is 2. The third-order valence-electron chi connectivity index (χ3n) is 2.20. The first-order chi connectivity index (χ1) is 8.18. The van der Waals surface area contributed by atoms with Gasteiger partial charge in [-0.3, -0.25) is 4.98 Å². The third-order valence-corrected chi connectivity index (χ3v) is 3.02. The highest BCUT2D eigenvalue weighted by molar-refractivity contribution is 6.43. The molecule has 2 nitrogen and oxygen atoms in total. The van der Waals surface area contributed by atoms with Crippen molar-refractivity contribution in [2.75, 3.05) is 0 Å². The molecule has 0 radical (unpaired) electrons. The fourth-order valence-corrected chi connectivity index (χ4v) is 1.78. The first-order valence-electron chi connectivity index (χ1n) is 4.94. The molecule has 0 saturated carbocycles. The van der Waals surface area contributed by atoms with Crippen molar-refractivity contribution >= 4 is 35.0 Å².